The number of rotatable bonds is 3. The molecule has 1 aromatic rings. The number of ether oxygens (including phenoxy) is 1. The van der Waals surface area contributed by atoms with Gasteiger partial charge in [-0.3, -0.25) is 4.79 Å². The van der Waals surface area contributed by atoms with Gasteiger partial charge in [0.15, 0.2) is 0 Å². The predicted octanol–water partition coefficient (Wildman–Crippen LogP) is 1.05. The van der Waals surface area contributed by atoms with Gasteiger partial charge in [0.05, 0.1) is 19.3 Å². The maximum absolute atomic E-state index is 12.6. The van der Waals surface area contributed by atoms with Crippen LogP contribution >= 0.6 is 0 Å². The van der Waals surface area contributed by atoms with Crippen LogP contribution in [0.25, 0.3) is 0 Å². The molecule has 2 rings (SSSR count). The fourth-order valence-electron chi connectivity index (χ4n) is 2.31. The van der Waals surface area contributed by atoms with E-state index in [2.05, 4.69) is 6.92 Å². The van der Waals surface area contributed by atoms with Crippen LogP contribution in [0.4, 0.5) is 0 Å². The highest BCUT2D eigenvalue weighted by Gasteiger charge is 2.27. The highest BCUT2D eigenvalue weighted by Crippen LogP contribution is 2.16. The summed E-state index contributed by atoms with van der Waals surface area (Å²) in [6, 6.07) is 7.77. The highest BCUT2D eigenvalue weighted by atomic mass is 16.5. The quantitative estimate of drug-likeness (QED) is 0.870. The molecule has 0 radical (unpaired) electrons. The number of hydrogen-bond donors (Lipinski definition) is 1. The maximum atomic E-state index is 12.6. The van der Waals surface area contributed by atoms with E-state index in [1.807, 2.05) is 29.2 Å². The molecule has 1 amide bonds. The Hall–Kier alpha value is -1.39. The second kappa shape index (κ2) is 5.98. The molecule has 1 fully saturated rings. The number of hydrogen-bond acceptors (Lipinski definition) is 3. The summed E-state index contributed by atoms with van der Waals surface area (Å²) in [4.78, 5) is 14.4. The lowest BCUT2D eigenvalue weighted by Crippen LogP contribution is -2.52. The van der Waals surface area contributed by atoms with Gasteiger partial charge in [-0.05, 0) is 18.1 Å². The van der Waals surface area contributed by atoms with Gasteiger partial charge < -0.3 is 15.4 Å². The molecule has 2 N–H and O–H groups in total. The third-order valence-electron chi connectivity index (χ3n) is 3.39. The van der Waals surface area contributed by atoms with Gasteiger partial charge in [0.25, 0.3) is 5.91 Å². The van der Waals surface area contributed by atoms with E-state index in [4.69, 9.17) is 10.5 Å². The molecule has 1 saturated heterocycles. The summed E-state index contributed by atoms with van der Waals surface area (Å²) in [5.74, 6) is 0.0752. The number of amides is 1. The van der Waals surface area contributed by atoms with Gasteiger partial charge in [0, 0.05) is 18.7 Å². The number of carbonyl (C=O) groups is 1. The van der Waals surface area contributed by atoms with Crippen molar-refractivity contribution in [2.45, 2.75) is 19.4 Å². The van der Waals surface area contributed by atoms with E-state index in [1.165, 1.54) is 0 Å². The molecule has 0 aliphatic carbocycles. The lowest BCUT2D eigenvalue weighted by Gasteiger charge is -2.35. The van der Waals surface area contributed by atoms with E-state index in [-0.39, 0.29) is 11.9 Å². The first-order chi connectivity index (χ1) is 8.77. The zero-order valence-corrected chi connectivity index (χ0v) is 10.8. The minimum absolute atomic E-state index is 0.00355. The number of morpholine rings is 1. The molecule has 1 heterocycles. The predicted molar refractivity (Wildman–Crippen MR) is 70.5 cm³/mol. The van der Waals surface area contributed by atoms with E-state index < -0.39 is 0 Å². The lowest BCUT2D eigenvalue weighted by atomic mass is 10.0. The molecule has 18 heavy (non-hydrogen) atoms. The Kier molecular flexibility index (Phi) is 4.33. The van der Waals surface area contributed by atoms with E-state index in [0.29, 0.717) is 26.3 Å². The van der Waals surface area contributed by atoms with Crippen LogP contribution in [0.5, 0.6) is 0 Å². The zero-order valence-electron chi connectivity index (χ0n) is 10.8. The molecule has 1 aromatic carbocycles. The van der Waals surface area contributed by atoms with Crippen LogP contribution in [0.15, 0.2) is 24.3 Å². The first kappa shape index (κ1) is 13.1. The molecule has 4 nitrogen and oxygen atoms in total. The molecule has 0 aromatic heterocycles. The molecule has 0 saturated carbocycles. The Morgan fingerprint density at radius 1 is 1.50 bits per heavy atom. The summed E-state index contributed by atoms with van der Waals surface area (Å²) in [6.07, 6.45) is 0.861. The summed E-state index contributed by atoms with van der Waals surface area (Å²) < 4.78 is 5.37. The van der Waals surface area contributed by atoms with Gasteiger partial charge >= 0.3 is 0 Å². The summed E-state index contributed by atoms with van der Waals surface area (Å²) in [7, 11) is 0. The number of nitrogens with zero attached hydrogens (tertiary/aromatic N) is 1. The van der Waals surface area contributed by atoms with Crippen molar-refractivity contribution >= 4 is 5.91 Å². The number of aryl methyl sites for hydroxylation is 1. The molecule has 0 bridgehead atoms. The molecule has 4 heteroatoms. The van der Waals surface area contributed by atoms with Gasteiger partial charge in [0.2, 0.25) is 0 Å². The average molecular weight is 248 g/mol. The summed E-state index contributed by atoms with van der Waals surface area (Å²) in [5.41, 5.74) is 7.59. The summed E-state index contributed by atoms with van der Waals surface area (Å²) in [5, 5.41) is 0. The Labute approximate surface area is 108 Å². The fraction of sp³-hybridized carbons (Fsp3) is 0.500. The van der Waals surface area contributed by atoms with Gasteiger partial charge in [-0.25, -0.2) is 0 Å². The summed E-state index contributed by atoms with van der Waals surface area (Å²) >= 11 is 0. The molecule has 98 valence electrons. The van der Waals surface area contributed by atoms with Crippen LogP contribution in [0, 0.1) is 0 Å². The first-order valence-corrected chi connectivity index (χ1v) is 6.44. The topological polar surface area (TPSA) is 55.6 Å². The minimum atomic E-state index is -0.00355. The molecular formula is C14H20N2O2. The van der Waals surface area contributed by atoms with E-state index in [9.17, 15) is 4.79 Å². The van der Waals surface area contributed by atoms with Crippen molar-refractivity contribution in [3.05, 3.63) is 35.4 Å². The van der Waals surface area contributed by atoms with Gasteiger partial charge in [-0.15, -0.1) is 0 Å². The maximum Gasteiger partial charge on any atom is 0.254 e. The van der Waals surface area contributed by atoms with Gasteiger partial charge in [-0.1, -0.05) is 25.1 Å². The smallest absolute Gasteiger partial charge is 0.254 e. The monoisotopic (exact) mass is 248 g/mol. The second-order valence-corrected chi connectivity index (χ2v) is 4.47. The van der Waals surface area contributed by atoms with Crippen molar-refractivity contribution in [2.75, 3.05) is 26.3 Å². The zero-order chi connectivity index (χ0) is 13.0. The van der Waals surface area contributed by atoms with Crippen molar-refractivity contribution < 1.29 is 9.53 Å². The normalized spacial score (nSPS) is 19.9. The van der Waals surface area contributed by atoms with Crippen LogP contribution in [-0.2, 0) is 11.2 Å². The standard InChI is InChI=1S/C14H20N2O2/c1-2-11-5-3-4-6-13(11)14(17)16-7-8-18-10-12(16)9-15/h3-6,12H,2,7-10,15H2,1H3. The van der Waals surface area contributed by atoms with Crippen molar-refractivity contribution in [1.29, 1.82) is 0 Å². The first-order valence-electron chi connectivity index (χ1n) is 6.44. The summed E-state index contributed by atoms with van der Waals surface area (Å²) in [6.45, 7) is 4.26. The van der Waals surface area contributed by atoms with Crippen LogP contribution in [0.3, 0.4) is 0 Å². The molecule has 1 unspecified atom stereocenters. The van der Waals surface area contributed by atoms with E-state index in [0.717, 1.165) is 17.5 Å². The van der Waals surface area contributed by atoms with Crippen LogP contribution < -0.4 is 5.73 Å². The SMILES string of the molecule is CCc1ccccc1C(=O)N1CCOCC1CN. The Balaban J connectivity index is 2.24. The third-order valence-corrected chi connectivity index (χ3v) is 3.39. The number of carbonyl (C=O) groups excluding carboxylic acids is 1. The second-order valence-electron chi connectivity index (χ2n) is 4.47. The van der Waals surface area contributed by atoms with Crippen molar-refractivity contribution in [2.24, 2.45) is 5.73 Å². The Bertz CT molecular complexity index is 420. The van der Waals surface area contributed by atoms with Crippen LogP contribution in [0.2, 0.25) is 0 Å². The lowest BCUT2D eigenvalue weighted by molar-refractivity contribution is 0.000783. The van der Waals surface area contributed by atoms with Crippen molar-refractivity contribution in [3.8, 4) is 0 Å². The molecule has 0 spiro atoms. The van der Waals surface area contributed by atoms with Crippen molar-refractivity contribution in [3.63, 3.8) is 0 Å². The molecular weight excluding hydrogens is 228 g/mol. The molecule has 1 aliphatic rings. The molecule has 1 aliphatic heterocycles. The highest BCUT2D eigenvalue weighted by molar-refractivity contribution is 5.96. The third kappa shape index (κ3) is 2.54. The number of benzene rings is 1. The Morgan fingerprint density at radius 3 is 3.00 bits per heavy atom. The fourth-order valence-corrected chi connectivity index (χ4v) is 2.31. The van der Waals surface area contributed by atoms with E-state index in [1.54, 1.807) is 0 Å². The van der Waals surface area contributed by atoms with Crippen LogP contribution in [-0.4, -0.2) is 43.2 Å². The minimum Gasteiger partial charge on any atom is -0.377 e. The average Bonchev–Trinajstić information content (AvgIpc) is 2.46. The Morgan fingerprint density at radius 2 is 2.28 bits per heavy atom. The van der Waals surface area contributed by atoms with Crippen LogP contribution in [0.1, 0.15) is 22.8 Å². The number of nitrogens with two attached hydrogens (primary N) is 1. The van der Waals surface area contributed by atoms with E-state index >= 15 is 0 Å². The largest absolute Gasteiger partial charge is 0.377 e. The van der Waals surface area contributed by atoms with Crippen molar-refractivity contribution in [1.82, 2.24) is 4.90 Å². The van der Waals surface area contributed by atoms with Gasteiger partial charge in [0.1, 0.15) is 0 Å². The molecule has 1 atom stereocenters. The van der Waals surface area contributed by atoms with Gasteiger partial charge in [-0.2, -0.15) is 0 Å².